The summed E-state index contributed by atoms with van der Waals surface area (Å²) in [6, 6.07) is 13.8. The second-order valence-electron chi connectivity index (χ2n) is 6.92. The number of carbonyl (C=O) groups excluding carboxylic acids is 1. The van der Waals surface area contributed by atoms with Crippen molar-refractivity contribution in [2.75, 3.05) is 32.6 Å². The molecule has 1 N–H and O–H groups in total. The number of methoxy groups -OCH3 is 1. The van der Waals surface area contributed by atoms with Crippen LogP contribution >= 0.6 is 0 Å². The fraction of sp³-hybridized carbons (Fsp3) is 0.409. The molecule has 2 aromatic rings. The van der Waals surface area contributed by atoms with Crippen LogP contribution in [0.15, 0.2) is 42.5 Å². The van der Waals surface area contributed by atoms with Crippen LogP contribution in [0.25, 0.3) is 0 Å². The van der Waals surface area contributed by atoms with Gasteiger partial charge in [0, 0.05) is 12.2 Å². The van der Waals surface area contributed by atoms with Crippen molar-refractivity contribution < 1.29 is 14.3 Å². The first-order valence-corrected chi connectivity index (χ1v) is 9.31. The Kier molecular flexibility index (Phi) is 7.67. The van der Waals surface area contributed by atoms with Crippen molar-refractivity contribution in [3.8, 4) is 11.5 Å². The predicted molar refractivity (Wildman–Crippen MR) is 110 cm³/mol. The fourth-order valence-electron chi connectivity index (χ4n) is 2.85. The molecule has 0 unspecified atom stereocenters. The molecule has 146 valence electrons. The highest BCUT2D eigenvalue weighted by Crippen LogP contribution is 2.28. The number of nitrogens with one attached hydrogen (secondary N) is 1. The Morgan fingerprint density at radius 2 is 1.81 bits per heavy atom. The lowest BCUT2D eigenvalue weighted by Gasteiger charge is -2.18. The summed E-state index contributed by atoms with van der Waals surface area (Å²) >= 11 is 0. The minimum Gasteiger partial charge on any atom is -0.493 e. The Labute approximate surface area is 162 Å². The molecule has 5 nitrogen and oxygen atoms in total. The van der Waals surface area contributed by atoms with Crippen molar-refractivity contribution in [3.63, 3.8) is 0 Å². The van der Waals surface area contributed by atoms with Crippen molar-refractivity contribution in [1.82, 2.24) is 4.90 Å². The molecular formula is C22H30N2O3. The minimum absolute atomic E-state index is 0.0345. The zero-order chi connectivity index (χ0) is 19.8. The van der Waals surface area contributed by atoms with Crippen LogP contribution in [0.5, 0.6) is 11.5 Å². The summed E-state index contributed by atoms with van der Waals surface area (Å²) in [7, 11) is 3.55. The van der Waals surface area contributed by atoms with Crippen LogP contribution in [0.3, 0.4) is 0 Å². The number of amides is 1. The summed E-state index contributed by atoms with van der Waals surface area (Å²) in [6.07, 6.45) is 0. The lowest BCUT2D eigenvalue weighted by atomic mass is 10.0. The van der Waals surface area contributed by atoms with Crippen LogP contribution in [0, 0.1) is 0 Å². The molecule has 0 saturated carbocycles. The van der Waals surface area contributed by atoms with Crippen molar-refractivity contribution in [1.29, 1.82) is 0 Å². The van der Waals surface area contributed by atoms with Gasteiger partial charge >= 0.3 is 0 Å². The maximum absolute atomic E-state index is 12.3. The molecule has 0 saturated heterocycles. The molecule has 2 aromatic carbocycles. The maximum Gasteiger partial charge on any atom is 0.238 e. The van der Waals surface area contributed by atoms with Crippen LogP contribution in [-0.2, 0) is 11.3 Å². The van der Waals surface area contributed by atoms with Gasteiger partial charge in [-0.05, 0) is 55.3 Å². The lowest BCUT2D eigenvalue weighted by molar-refractivity contribution is -0.117. The number of rotatable bonds is 9. The molecule has 0 aliphatic rings. The van der Waals surface area contributed by atoms with Gasteiger partial charge in [-0.25, -0.2) is 0 Å². The number of likely N-dealkylation sites (N-methyl/N-ethyl adjacent to an activating group) is 1. The summed E-state index contributed by atoms with van der Waals surface area (Å²) in [5, 5.41) is 2.95. The zero-order valence-corrected chi connectivity index (χ0v) is 16.9. The Balaban J connectivity index is 1.90. The number of hydrogen-bond donors (Lipinski definition) is 1. The van der Waals surface area contributed by atoms with E-state index in [1.165, 1.54) is 5.56 Å². The van der Waals surface area contributed by atoms with Gasteiger partial charge in [0.15, 0.2) is 11.5 Å². The first-order chi connectivity index (χ1) is 12.9. The van der Waals surface area contributed by atoms with Gasteiger partial charge in [0.2, 0.25) is 5.91 Å². The number of hydrogen-bond acceptors (Lipinski definition) is 4. The van der Waals surface area contributed by atoms with Gasteiger partial charge in [0.25, 0.3) is 0 Å². The summed E-state index contributed by atoms with van der Waals surface area (Å²) in [6.45, 7) is 7.78. The van der Waals surface area contributed by atoms with Crippen LogP contribution in [0.1, 0.15) is 37.8 Å². The van der Waals surface area contributed by atoms with E-state index in [1.807, 2.05) is 49.2 Å². The molecule has 0 aliphatic carbocycles. The molecule has 0 heterocycles. The summed E-state index contributed by atoms with van der Waals surface area (Å²) in [4.78, 5) is 14.3. The van der Waals surface area contributed by atoms with Gasteiger partial charge in [-0.3, -0.25) is 9.69 Å². The van der Waals surface area contributed by atoms with Gasteiger partial charge in [-0.2, -0.15) is 0 Å². The molecule has 0 radical (unpaired) electrons. The van der Waals surface area contributed by atoms with E-state index in [-0.39, 0.29) is 5.91 Å². The van der Waals surface area contributed by atoms with Crippen molar-refractivity contribution in [3.05, 3.63) is 53.6 Å². The van der Waals surface area contributed by atoms with Gasteiger partial charge < -0.3 is 14.8 Å². The molecule has 0 aromatic heterocycles. The Morgan fingerprint density at radius 1 is 1.11 bits per heavy atom. The number of benzene rings is 2. The van der Waals surface area contributed by atoms with Crippen molar-refractivity contribution in [2.24, 2.45) is 0 Å². The van der Waals surface area contributed by atoms with E-state index in [0.717, 1.165) is 17.0 Å². The molecule has 27 heavy (non-hydrogen) atoms. The minimum atomic E-state index is -0.0345. The average molecular weight is 370 g/mol. The average Bonchev–Trinajstić information content (AvgIpc) is 2.63. The second kappa shape index (κ2) is 9.97. The summed E-state index contributed by atoms with van der Waals surface area (Å²) in [5.74, 6) is 1.88. The lowest BCUT2D eigenvalue weighted by Crippen LogP contribution is -2.29. The van der Waals surface area contributed by atoms with E-state index in [4.69, 9.17) is 9.47 Å². The highest BCUT2D eigenvalue weighted by Gasteiger charge is 2.10. The first kappa shape index (κ1) is 20.8. The molecule has 2 rings (SSSR count). The monoisotopic (exact) mass is 370 g/mol. The summed E-state index contributed by atoms with van der Waals surface area (Å²) in [5.41, 5.74) is 3.14. The quantitative estimate of drug-likeness (QED) is 0.715. The molecule has 1 amide bonds. The second-order valence-corrected chi connectivity index (χ2v) is 6.92. The Hall–Kier alpha value is -2.53. The number of anilines is 1. The van der Waals surface area contributed by atoms with E-state index < -0.39 is 0 Å². The highest BCUT2D eigenvalue weighted by atomic mass is 16.5. The fourth-order valence-corrected chi connectivity index (χ4v) is 2.85. The number of nitrogens with zero attached hydrogens (tertiary/aromatic N) is 1. The van der Waals surface area contributed by atoms with Gasteiger partial charge in [0.05, 0.1) is 20.3 Å². The van der Waals surface area contributed by atoms with E-state index >= 15 is 0 Å². The first-order valence-electron chi connectivity index (χ1n) is 9.31. The standard InChI is InChI=1S/C22H30N2O3/c1-6-27-20-12-7-17(13-21(20)26-5)14-24(4)15-22(25)23-19-10-8-18(9-11-19)16(2)3/h7-13,16H,6,14-15H2,1-5H3,(H,23,25). The third-order valence-corrected chi connectivity index (χ3v) is 4.26. The third kappa shape index (κ3) is 6.29. The normalized spacial score (nSPS) is 10.9. The maximum atomic E-state index is 12.3. The highest BCUT2D eigenvalue weighted by molar-refractivity contribution is 5.92. The molecule has 0 bridgehead atoms. The number of ether oxygens (including phenoxy) is 2. The molecule has 0 fully saturated rings. The SMILES string of the molecule is CCOc1ccc(CN(C)CC(=O)Nc2ccc(C(C)C)cc2)cc1OC. The Bertz CT molecular complexity index is 742. The van der Waals surface area contributed by atoms with E-state index in [1.54, 1.807) is 7.11 Å². The number of carbonyl (C=O) groups is 1. The van der Waals surface area contributed by atoms with Crippen LogP contribution in [0.2, 0.25) is 0 Å². The van der Waals surface area contributed by atoms with Crippen molar-refractivity contribution in [2.45, 2.75) is 33.2 Å². The van der Waals surface area contributed by atoms with Crippen LogP contribution < -0.4 is 14.8 Å². The Morgan fingerprint density at radius 3 is 2.41 bits per heavy atom. The van der Waals surface area contributed by atoms with Gasteiger partial charge in [-0.1, -0.05) is 32.0 Å². The van der Waals surface area contributed by atoms with E-state index in [2.05, 4.69) is 31.3 Å². The molecule has 0 atom stereocenters. The van der Waals surface area contributed by atoms with E-state index in [9.17, 15) is 4.79 Å². The topological polar surface area (TPSA) is 50.8 Å². The molecule has 0 spiro atoms. The van der Waals surface area contributed by atoms with Gasteiger partial charge in [-0.15, -0.1) is 0 Å². The molecule has 5 heteroatoms. The molecule has 0 aliphatic heterocycles. The van der Waals surface area contributed by atoms with E-state index in [0.29, 0.717) is 31.4 Å². The zero-order valence-electron chi connectivity index (χ0n) is 16.9. The largest absolute Gasteiger partial charge is 0.493 e. The molecular weight excluding hydrogens is 340 g/mol. The van der Waals surface area contributed by atoms with Crippen LogP contribution in [0.4, 0.5) is 5.69 Å². The van der Waals surface area contributed by atoms with Crippen molar-refractivity contribution >= 4 is 11.6 Å². The predicted octanol–water partition coefficient (Wildman–Crippen LogP) is 4.29. The van der Waals surface area contributed by atoms with Crippen LogP contribution in [-0.4, -0.2) is 38.1 Å². The smallest absolute Gasteiger partial charge is 0.238 e. The third-order valence-electron chi connectivity index (χ3n) is 4.26. The van der Waals surface area contributed by atoms with Gasteiger partial charge in [0.1, 0.15) is 0 Å². The summed E-state index contributed by atoms with van der Waals surface area (Å²) < 4.78 is 10.9.